The minimum absolute atomic E-state index is 0.265. The molecule has 0 radical (unpaired) electrons. The van der Waals surface area contributed by atoms with Gasteiger partial charge in [0, 0.05) is 25.0 Å². The minimum Gasteiger partial charge on any atom is -0.398 e. The number of anilines is 1. The summed E-state index contributed by atoms with van der Waals surface area (Å²) >= 11 is 0. The highest BCUT2D eigenvalue weighted by Crippen LogP contribution is 2.24. The van der Waals surface area contributed by atoms with E-state index < -0.39 is 9.84 Å². The molecule has 18 heavy (non-hydrogen) atoms. The first-order chi connectivity index (χ1) is 8.46. The summed E-state index contributed by atoms with van der Waals surface area (Å²) in [6, 6.07) is 6.05. The van der Waals surface area contributed by atoms with E-state index in [9.17, 15) is 8.42 Å². The molecule has 0 unspecified atom stereocenters. The zero-order valence-electron chi connectivity index (χ0n) is 10.7. The van der Waals surface area contributed by atoms with E-state index in [2.05, 4.69) is 11.0 Å². The summed E-state index contributed by atoms with van der Waals surface area (Å²) in [6.07, 6.45) is 2.98. The third-order valence-corrected chi connectivity index (χ3v) is 4.41. The van der Waals surface area contributed by atoms with Crippen LogP contribution in [0.15, 0.2) is 18.2 Å². The Kier molecular flexibility index (Phi) is 3.92. The number of rotatable bonds is 4. The summed E-state index contributed by atoms with van der Waals surface area (Å²) in [5.41, 5.74) is 9.37. The average Bonchev–Trinajstić information content (AvgIpc) is 2.28. The fourth-order valence-corrected chi connectivity index (χ4v) is 3.06. The van der Waals surface area contributed by atoms with Crippen molar-refractivity contribution >= 4 is 15.5 Å². The highest BCUT2D eigenvalue weighted by Gasteiger charge is 2.17. The van der Waals surface area contributed by atoms with Crippen LogP contribution in [0.4, 0.5) is 5.69 Å². The standard InChI is InChI=1S/C13H20N2O2S/c1-18(16,17)9-3-7-15-8-6-11-4-2-5-13(14)12(11)10-15/h2,4-5H,3,6-10,14H2,1H3. The minimum atomic E-state index is -2.84. The van der Waals surface area contributed by atoms with Crippen LogP contribution in [0, 0.1) is 0 Å². The second-order valence-corrected chi connectivity index (χ2v) is 7.25. The lowest BCUT2D eigenvalue weighted by atomic mass is 9.98. The number of nitrogens with two attached hydrogens (primary N) is 1. The van der Waals surface area contributed by atoms with Crippen LogP contribution in [0.5, 0.6) is 0 Å². The number of nitrogen functional groups attached to an aromatic ring is 1. The van der Waals surface area contributed by atoms with Gasteiger partial charge in [0.25, 0.3) is 0 Å². The van der Waals surface area contributed by atoms with Crippen molar-refractivity contribution in [3.63, 3.8) is 0 Å². The van der Waals surface area contributed by atoms with Gasteiger partial charge in [-0.3, -0.25) is 4.90 Å². The van der Waals surface area contributed by atoms with Gasteiger partial charge < -0.3 is 5.73 Å². The van der Waals surface area contributed by atoms with Crippen LogP contribution < -0.4 is 5.73 Å². The van der Waals surface area contributed by atoms with Gasteiger partial charge in [-0.25, -0.2) is 8.42 Å². The van der Waals surface area contributed by atoms with Crippen molar-refractivity contribution < 1.29 is 8.42 Å². The van der Waals surface area contributed by atoms with E-state index >= 15 is 0 Å². The summed E-state index contributed by atoms with van der Waals surface area (Å²) in [7, 11) is -2.84. The molecular weight excluding hydrogens is 248 g/mol. The van der Waals surface area contributed by atoms with E-state index in [-0.39, 0.29) is 5.75 Å². The molecule has 0 aliphatic carbocycles. The van der Waals surface area contributed by atoms with Gasteiger partial charge in [0.05, 0.1) is 5.75 Å². The van der Waals surface area contributed by atoms with Crippen LogP contribution >= 0.6 is 0 Å². The predicted octanol–water partition coefficient (Wildman–Crippen LogP) is 1.06. The third kappa shape index (κ3) is 3.46. The maximum Gasteiger partial charge on any atom is 0.147 e. The van der Waals surface area contributed by atoms with Gasteiger partial charge in [-0.05, 0) is 36.6 Å². The Morgan fingerprint density at radius 3 is 2.89 bits per heavy atom. The number of hydrogen-bond donors (Lipinski definition) is 1. The van der Waals surface area contributed by atoms with Gasteiger partial charge in [0.15, 0.2) is 0 Å². The maximum atomic E-state index is 11.1. The Bertz CT molecular complexity index is 526. The molecule has 2 N–H and O–H groups in total. The van der Waals surface area contributed by atoms with Crippen molar-refractivity contribution in [3.05, 3.63) is 29.3 Å². The number of nitrogens with zero attached hydrogens (tertiary/aromatic N) is 1. The topological polar surface area (TPSA) is 63.4 Å². The van der Waals surface area contributed by atoms with Gasteiger partial charge in [0.1, 0.15) is 9.84 Å². The van der Waals surface area contributed by atoms with E-state index in [1.54, 1.807) is 0 Å². The van der Waals surface area contributed by atoms with Crippen LogP contribution in [0.2, 0.25) is 0 Å². The Balaban J connectivity index is 1.94. The van der Waals surface area contributed by atoms with Gasteiger partial charge >= 0.3 is 0 Å². The molecule has 1 heterocycles. The Labute approximate surface area is 109 Å². The zero-order chi connectivity index (χ0) is 13.2. The number of fused-ring (bicyclic) bond motifs is 1. The van der Waals surface area contributed by atoms with Crippen molar-refractivity contribution in [2.45, 2.75) is 19.4 Å². The molecule has 1 aliphatic rings. The molecule has 4 nitrogen and oxygen atoms in total. The first kappa shape index (κ1) is 13.4. The summed E-state index contributed by atoms with van der Waals surface area (Å²) in [5.74, 6) is 0.265. The van der Waals surface area contributed by atoms with E-state index in [4.69, 9.17) is 5.73 Å². The second-order valence-electron chi connectivity index (χ2n) is 4.99. The zero-order valence-corrected chi connectivity index (χ0v) is 11.5. The van der Waals surface area contributed by atoms with E-state index in [1.807, 2.05) is 12.1 Å². The van der Waals surface area contributed by atoms with Crippen molar-refractivity contribution in [1.82, 2.24) is 4.90 Å². The molecule has 0 atom stereocenters. The van der Waals surface area contributed by atoms with E-state index in [1.165, 1.54) is 17.4 Å². The summed E-state index contributed by atoms with van der Waals surface area (Å²) in [5, 5.41) is 0. The molecule has 0 saturated heterocycles. The lowest BCUT2D eigenvalue weighted by Crippen LogP contribution is -2.32. The highest BCUT2D eigenvalue weighted by molar-refractivity contribution is 7.90. The lowest BCUT2D eigenvalue weighted by Gasteiger charge is -2.29. The summed E-state index contributed by atoms with van der Waals surface area (Å²) in [4.78, 5) is 2.28. The fourth-order valence-electron chi connectivity index (χ4n) is 2.40. The van der Waals surface area contributed by atoms with Crippen LogP contribution in [-0.2, 0) is 22.8 Å². The molecule has 0 spiro atoms. The molecule has 2 rings (SSSR count). The molecule has 1 aromatic rings. The first-order valence-electron chi connectivity index (χ1n) is 6.22. The number of benzene rings is 1. The second kappa shape index (κ2) is 5.28. The molecule has 0 fully saturated rings. The van der Waals surface area contributed by atoms with Gasteiger partial charge in [-0.2, -0.15) is 0 Å². The summed E-state index contributed by atoms with van der Waals surface area (Å²) < 4.78 is 22.2. The molecule has 0 saturated carbocycles. The first-order valence-corrected chi connectivity index (χ1v) is 8.28. The van der Waals surface area contributed by atoms with E-state index in [0.29, 0.717) is 6.42 Å². The SMILES string of the molecule is CS(=O)(=O)CCCN1CCc2cccc(N)c2C1. The third-order valence-electron chi connectivity index (χ3n) is 3.38. The number of sulfone groups is 1. The Morgan fingerprint density at radius 1 is 1.39 bits per heavy atom. The molecular formula is C13H20N2O2S. The van der Waals surface area contributed by atoms with Crippen molar-refractivity contribution in [1.29, 1.82) is 0 Å². The van der Waals surface area contributed by atoms with Crippen LogP contribution in [0.25, 0.3) is 0 Å². The van der Waals surface area contributed by atoms with Crippen LogP contribution in [0.3, 0.4) is 0 Å². The molecule has 100 valence electrons. The van der Waals surface area contributed by atoms with Gasteiger partial charge in [0.2, 0.25) is 0 Å². The van der Waals surface area contributed by atoms with E-state index in [0.717, 1.165) is 31.7 Å². The van der Waals surface area contributed by atoms with Gasteiger partial charge in [-0.1, -0.05) is 12.1 Å². The molecule has 0 amide bonds. The van der Waals surface area contributed by atoms with Crippen LogP contribution in [-0.4, -0.2) is 38.4 Å². The molecule has 0 bridgehead atoms. The Hall–Kier alpha value is -1.07. The van der Waals surface area contributed by atoms with Gasteiger partial charge in [-0.15, -0.1) is 0 Å². The molecule has 5 heteroatoms. The average molecular weight is 268 g/mol. The lowest BCUT2D eigenvalue weighted by molar-refractivity contribution is 0.255. The smallest absolute Gasteiger partial charge is 0.147 e. The normalized spacial score (nSPS) is 16.5. The number of hydrogen-bond acceptors (Lipinski definition) is 4. The fraction of sp³-hybridized carbons (Fsp3) is 0.538. The maximum absolute atomic E-state index is 11.1. The largest absolute Gasteiger partial charge is 0.398 e. The summed E-state index contributed by atoms with van der Waals surface area (Å²) in [6.45, 7) is 2.65. The monoisotopic (exact) mass is 268 g/mol. The van der Waals surface area contributed by atoms with Crippen molar-refractivity contribution in [3.8, 4) is 0 Å². The highest BCUT2D eigenvalue weighted by atomic mass is 32.2. The molecule has 1 aromatic carbocycles. The predicted molar refractivity (Wildman–Crippen MR) is 74.2 cm³/mol. The Morgan fingerprint density at radius 2 is 2.17 bits per heavy atom. The molecule has 0 aromatic heterocycles. The van der Waals surface area contributed by atoms with Crippen molar-refractivity contribution in [2.75, 3.05) is 30.8 Å². The van der Waals surface area contributed by atoms with Crippen molar-refractivity contribution in [2.24, 2.45) is 0 Å². The quantitative estimate of drug-likeness (QED) is 0.829. The molecule has 1 aliphatic heterocycles. The van der Waals surface area contributed by atoms with Crippen LogP contribution in [0.1, 0.15) is 17.5 Å².